The molecular formula is C16H17NO3S. The van der Waals surface area contributed by atoms with E-state index in [-0.39, 0.29) is 5.56 Å². The Kier molecular flexibility index (Phi) is 4.85. The molecule has 0 aliphatic carbocycles. The molecule has 0 amide bonds. The third kappa shape index (κ3) is 4.49. The lowest BCUT2D eigenvalue weighted by Gasteiger charge is -2.05. The molecule has 1 unspecified atom stereocenters. The summed E-state index contributed by atoms with van der Waals surface area (Å²) in [4.78, 5) is 14.8. The molecule has 1 N–H and O–H groups in total. The van der Waals surface area contributed by atoms with Crippen LogP contribution in [0.3, 0.4) is 0 Å². The molecule has 1 aromatic carbocycles. The normalized spacial score (nSPS) is 12.1. The molecule has 0 saturated heterocycles. The highest BCUT2D eigenvalue weighted by Gasteiger charge is 2.07. The van der Waals surface area contributed by atoms with E-state index in [1.807, 2.05) is 26.0 Å². The number of nitrogens with zero attached hydrogens (tertiary/aromatic N) is 1. The SMILES string of the molecule is Cc1cc(C)cc(CS(=O)Cc2ccc(C(=O)O)cn2)c1. The van der Waals surface area contributed by atoms with Gasteiger partial charge in [-0.3, -0.25) is 9.19 Å². The number of carboxylic acid groups (broad SMARTS) is 1. The van der Waals surface area contributed by atoms with Crippen LogP contribution in [0.1, 0.15) is 32.7 Å². The van der Waals surface area contributed by atoms with Crippen molar-refractivity contribution in [1.82, 2.24) is 4.98 Å². The standard InChI is InChI=1S/C16H17NO3S/c1-11-5-12(2)7-13(6-11)9-21(20)10-15-4-3-14(8-17-15)16(18)19/h3-8H,9-10H2,1-2H3,(H,18,19). The maximum Gasteiger partial charge on any atom is 0.337 e. The van der Waals surface area contributed by atoms with Gasteiger partial charge in [0.25, 0.3) is 0 Å². The fraction of sp³-hybridized carbons (Fsp3) is 0.250. The number of carbonyl (C=O) groups is 1. The van der Waals surface area contributed by atoms with Crippen molar-refractivity contribution >= 4 is 16.8 Å². The van der Waals surface area contributed by atoms with Crippen molar-refractivity contribution in [2.75, 3.05) is 0 Å². The first kappa shape index (κ1) is 15.4. The van der Waals surface area contributed by atoms with Crippen molar-refractivity contribution in [3.8, 4) is 0 Å². The number of rotatable bonds is 5. The summed E-state index contributed by atoms with van der Waals surface area (Å²) >= 11 is 0. The minimum Gasteiger partial charge on any atom is -0.478 e. The van der Waals surface area contributed by atoms with Crippen LogP contribution in [0.2, 0.25) is 0 Å². The van der Waals surface area contributed by atoms with Crippen LogP contribution in [-0.4, -0.2) is 20.3 Å². The van der Waals surface area contributed by atoms with Crippen LogP contribution in [-0.2, 0) is 22.3 Å². The van der Waals surface area contributed by atoms with E-state index in [1.165, 1.54) is 12.3 Å². The molecule has 0 bridgehead atoms. The van der Waals surface area contributed by atoms with Gasteiger partial charge in [-0.05, 0) is 31.5 Å². The Hall–Kier alpha value is -2.01. The molecule has 0 saturated carbocycles. The van der Waals surface area contributed by atoms with Gasteiger partial charge in [-0.25, -0.2) is 4.79 Å². The van der Waals surface area contributed by atoms with Gasteiger partial charge < -0.3 is 5.11 Å². The lowest BCUT2D eigenvalue weighted by atomic mass is 10.1. The van der Waals surface area contributed by atoms with Crippen LogP contribution in [0.15, 0.2) is 36.5 Å². The average Bonchev–Trinajstić information content (AvgIpc) is 2.37. The third-order valence-corrected chi connectivity index (χ3v) is 4.26. The molecule has 1 atom stereocenters. The number of aryl methyl sites for hydroxylation is 2. The Morgan fingerprint density at radius 3 is 2.33 bits per heavy atom. The first-order valence-electron chi connectivity index (χ1n) is 6.54. The largest absolute Gasteiger partial charge is 0.478 e. The molecule has 0 radical (unpaired) electrons. The van der Waals surface area contributed by atoms with Crippen LogP contribution in [0.25, 0.3) is 0 Å². The highest BCUT2D eigenvalue weighted by molar-refractivity contribution is 7.83. The quantitative estimate of drug-likeness (QED) is 0.922. The summed E-state index contributed by atoms with van der Waals surface area (Å²) in [6, 6.07) is 9.25. The topological polar surface area (TPSA) is 67.3 Å². The zero-order valence-corrected chi connectivity index (χ0v) is 12.8. The Morgan fingerprint density at radius 1 is 1.14 bits per heavy atom. The minimum atomic E-state index is -1.07. The minimum absolute atomic E-state index is 0.138. The second-order valence-electron chi connectivity index (χ2n) is 5.07. The summed E-state index contributed by atoms with van der Waals surface area (Å²) in [6.07, 6.45) is 1.30. The number of aromatic nitrogens is 1. The number of hydrogen-bond donors (Lipinski definition) is 1. The van der Waals surface area contributed by atoms with Crippen molar-refractivity contribution in [3.63, 3.8) is 0 Å². The van der Waals surface area contributed by atoms with Crippen LogP contribution in [0, 0.1) is 13.8 Å². The first-order chi connectivity index (χ1) is 9.94. The predicted molar refractivity (Wildman–Crippen MR) is 82.7 cm³/mol. The van der Waals surface area contributed by atoms with Crippen LogP contribution < -0.4 is 0 Å². The molecule has 2 aromatic rings. The van der Waals surface area contributed by atoms with E-state index in [0.717, 1.165) is 16.7 Å². The highest BCUT2D eigenvalue weighted by Crippen LogP contribution is 2.13. The Bertz CT molecular complexity index is 660. The van der Waals surface area contributed by atoms with Crippen molar-refractivity contribution in [2.24, 2.45) is 0 Å². The van der Waals surface area contributed by atoms with Gasteiger partial charge in [-0.15, -0.1) is 0 Å². The van der Waals surface area contributed by atoms with Gasteiger partial charge in [0.05, 0.1) is 17.0 Å². The van der Waals surface area contributed by atoms with Crippen molar-refractivity contribution in [3.05, 3.63) is 64.5 Å². The van der Waals surface area contributed by atoms with Crippen LogP contribution in [0.4, 0.5) is 0 Å². The molecule has 110 valence electrons. The third-order valence-electron chi connectivity index (χ3n) is 2.99. The summed E-state index contributed by atoms with van der Waals surface area (Å²) in [5.41, 5.74) is 4.14. The van der Waals surface area contributed by atoms with Gasteiger partial charge in [0.1, 0.15) is 0 Å². The maximum absolute atomic E-state index is 12.2. The van der Waals surface area contributed by atoms with Crippen molar-refractivity contribution in [2.45, 2.75) is 25.4 Å². The molecule has 4 nitrogen and oxygen atoms in total. The Balaban J connectivity index is 2.02. The second-order valence-corrected chi connectivity index (χ2v) is 6.52. The van der Waals surface area contributed by atoms with Crippen molar-refractivity contribution in [1.29, 1.82) is 0 Å². The van der Waals surface area contributed by atoms with Gasteiger partial charge in [-0.1, -0.05) is 29.3 Å². The summed E-state index contributed by atoms with van der Waals surface area (Å²) in [7, 11) is -1.07. The average molecular weight is 303 g/mol. The molecule has 1 heterocycles. The lowest BCUT2D eigenvalue weighted by Crippen LogP contribution is -2.03. The van der Waals surface area contributed by atoms with E-state index in [0.29, 0.717) is 17.2 Å². The predicted octanol–water partition coefficient (Wildman–Crippen LogP) is 2.85. The van der Waals surface area contributed by atoms with E-state index >= 15 is 0 Å². The van der Waals surface area contributed by atoms with Crippen molar-refractivity contribution < 1.29 is 14.1 Å². The van der Waals surface area contributed by atoms with Crippen LogP contribution in [0.5, 0.6) is 0 Å². The molecule has 0 aliphatic heterocycles. The van der Waals surface area contributed by atoms with Gasteiger partial charge >= 0.3 is 5.97 Å². The van der Waals surface area contributed by atoms with Gasteiger partial charge in [0.15, 0.2) is 0 Å². The monoisotopic (exact) mass is 303 g/mol. The maximum atomic E-state index is 12.2. The number of carboxylic acids is 1. The lowest BCUT2D eigenvalue weighted by molar-refractivity contribution is 0.0696. The summed E-state index contributed by atoms with van der Waals surface area (Å²) in [5, 5.41) is 8.80. The Morgan fingerprint density at radius 2 is 1.81 bits per heavy atom. The molecule has 0 fully saturated rings. The Labute approximate surface area is 126 Å². The summed E-state index contributed by atoms with van der Waals surface area (Å²) in [5.74, 6) is -0.206. The number of hydrogen-bond acceptors (Lipinski definition) is 3. The molecule has 21 heavy (non-hydrogen) atoms. The molecule has 0 spiro atoms. The van der Waals surface area contributed by atoms with E-state index in [4.69, 9.17) is 5.11 Å². The molecule has 0 aliphatic rings. The summed E-state index contributed by atoms with van der Waals surface area (Å²) in [6.45, 7) is 4.04. The van der Waals surface area contributed by atoms with E-state index in [1.54, 1.807) is 6.07 Å². The molecule has 2 rings (SSSR count). The smallest absolute Gasteiger partial charge is 0.337 e. The van der Waals surface area contributed by atoms with Crippen LogP contribution >= 0.6 is 0 Å². The highest BCUT2D eigenvalue weighted by atomic mass is 32.2. The fourth-order valence-electron chi connectivity index (χ4n) is 2.19. The molecular weight excluding hydrogens is 286 g/mol. The van der Waals surface area contributed by atoms with E-state index in [9.17, 15) is 9.00 Å². The molecule has 5 heteroatoms. The number of benzene rings is 1. The second kappa shape index (κ2) is 6.63. The van der Waals surface area contributed by atoms with E-state index < -0.39 is 16.8 Å². The zero-order chi connectivity index (χ0) is 15.4. The summed E-state index contributed by atoms with van der Waals surface area (Å²) < 4.78 is 12.2. The first-order valence-corrected chi connectivity index (χ1v) is 8.03. The van der Waals surface area contributed by atoms with Gasteiger partial charge in [0, 0.05) is 22.7 Å². The van der Waals surface area contributed by atoms with E-state index in [2.05, 4.69) is 11.1 Å². The molecule has 1 aromatic heterocycles. The number of aromatic carboxylic acids is 1. The number of pyridine rings is 1. The fourth-order valence-corrected chi connectivity index (χ4v) is 3.33. The van der Waals surface area contributed by atoms with Gasteiger partial charge in [0.2, 0.25) is 0 Å². The van der Waals surface area contributed by atoms with Gasteiger partial charge in [-0.2, -0.15) is 0 Å². The zero-order valence-electron chi connectivity index (χ0n) is 12.0.